The number of hydrogen-bond donors (Lipinski definition) is 0. The Hall–Kier alpha value is -7.88. The molecule has 1 aliphatic carbocycles. The van der Waals surface area contributed by atoms with E-state index in [1.165, 1.54) is 38.8 Å². The lowest BCUT2D eigenvalue weighted by molar-refractivity contribution is 0.425. The number of hydrogen-bond acceptors (Lipinski definition) is 3. The zero-order valence-electron chi connectivity index (χ0n) is 35.1. The highest BCUT2D eigenvalue weighted by atomic mass is 16.5. The summed E-state index contributed by atoms with van der Waals surface area (Å²) in [5, 5.41) is 2.29. The number of rotatable bonds is 5. The Morgan fingerprint density at radius 1 is 0.333 bits per heavy atom. The van der Waals surface area contributed by atoms with Crippen molar-refractivity contribution < 1.29 is 4.74 Å². The van der Waals surface area contributed by atoms with Gasteiger partial charge in [0, 0.05) is 33.2 Å². The van der Waals surface area contributed by atoms with Crippen LogP contribution < -0.4 is 4.74 Å². The maximum atomic E-state index is 6.79. The van der Waals surface area contributed by atoms with Gasteiger partial charge in [0.25, 0.3) is 0 Å². The fraction of sp³-hybridized carbons (Fsp3) is 0.0667. The molecule has 1 spiro atoms. The Balaban J connectivity index is 0.994. The number of nitrogens with zero attached hydrogens (tertiary/aromatic N) is 2. The van der Waals surface area contributed by atoms with Crippen LogP contribution in [0, 0.1) is 0 Å². The molecule has 3 heteroatoms. The van der Waals surface area contributed by atoms with Gasteiger partial charge in [-0.15, -0.1) is 0 Å². The van der Waals surface area contributed by atoms with Crippen LogP contribution in [0.15, 0.2) is 218 Å². The van der Waals surface area contributed by atoms with E-state index in [-0.39, 0.29) is 5.41 Å². The molecule has 1 aliphatic heterocycles. The third-order valence-corrected chi connectivity index (χ3v) is 13.5. The molecule has 0 saturated heterocycles. The van der Waals surface area contributed by atoms with Crippen molar-refractivity contribution in [1.82, 2.24) is 9.97 Å². The first-order valence-corrected chi connectivity index (χ1v) is 21.7. The molecule has 0 amide bonds. The predicted octanol–water partition coefficient (Wildman–Crippen LogP) is 15.1. The molecule has 9 aromatic carbocycles. The van der Waals surface area contributed by atoms with E-state index in [0.717, 1.165) is 67.2 Å². The second kappa shape index (κ2) is 14.4. The van der Waals surface area contributed by atoms with Gasteiger partial charge in [0.2, 0.25) is 0 Å². The van der Waals surface area contributed by atoms with Crippen molar-refractivity contribution in [2.75, 3.05) is 0 Å². The second-order valence-corrected chi connectivity index (χ2v) is 17.3. The first-order valence-electron chi connectivity index (χ1n) is 21.7. The lowest BCUT2D eigenvalue weighted by atomic mass is 9.53. The van der Waals surface area contributed by atoms with Gasteiger partial charge in [0.1, 0.15) is 11.5 Å². The highest BCUT2D eigenvalue weighted by Crippen LogP contribution is 2.61. The molecule has 3 nitrogen and oxygen atoms in total. The van der Waals surface area contributed by atoms with Crippen LogP contribution in [0.5, 0.6) is 11.5 Å². The summed E-state index contributed by atoms with van der Waals surface area (Å²) in [4.78, 5) is 10.6. The fourth-order valence-electron chi connectivity index (χ4n) is 10.5. The minimum atomic E-state index is -0.572. The van der Waals surface area contributed by atoms with Crippen molar-refractivity contribution in [3.8, 4) is 67.7 Å². The minimum Gasteiger partial charge on any atom is -0.457 e. The van der Waals surface area contributed by atoms with E-state index in [4.69, 9.17) is 14.7 Å². The van der Waals surface area contributed by atoms with Crippen LogP contribution >= 0.6 is 0 Å². The average Bonchev–Trinajstić information content (AvgIpc) is 3.35. The molecule has 0 bridgehead atoms. The van der Waals surface area contributed by atoms with Crippen molar-refractivity contribution in [1.29, 1.82) is 0 Å². The van der Waals surface area contributed by atoms with Crippen LogP contribution in [0.1, 0.15) is 47.2 Å². The molecule has 0 unspecified atom stereocenters. The van der Waals surface area contributed by atoms with Gasteiger partial charge in [-0.05, 0) is 85.6 Å². The SMILES string of the molecule is CC1(C)c2ccccc2C2(c3ccccc3Oc3ccc(-c4ccc(-c5cc(-c6ccccc6)nc(-c6ccc(-c7ccccc7)c7ccccc67)n5)cc4)cc32)c2ccccc21. The summed E-state index contributed by atoms with van der Waals surface area (Å²) in [6.07, 6.45) is 0. The van der Waals surface area contributed by atoms with Gasteiger partial charge in [-0.25, -0.2) is 9.97 Å². The average molecular weight is 807 g/mol. The number of benzene rings is 9. The third-order valence-electron chi connectivity index (χ3n) is 13.5. The Bertz CT molecular complexity index is 3340. The molecular formula is C60H42N2O. The standard InChI is InChI=1S/C60H42N2O/c1-59(2)48-23-11-13-25-50(48)60(51-26-14-12-24-49(51)59)52-27-15-16-28-56(52)63-57-36-33-43(37-53(57)60)39-29-31-42(32-30-39)55-38-54(41-19-7-4-8-20-41)61-58(62-55)47-35-34-44(40-17-5-3-6-18-40)45-21-9-10-22-46(45)47/h3-38H,1-2H3. The Morgan fingerprint density at radius 2 is 0.794 bits per heavy atom. The minimum absolute atomic E-state index is 0.181. The molecular weight excluding hydrogens is 765 g/mol. The topological polar surface area (TPSA) is 35.0 Å². The maximum absolute atomic E-state index is 6.79. The Kier molecular flexibility index (Phi) is 8.42. The summed E-state index contributed by atoms with van der Waals surface area (Å²) in [7, 11) is 0. The smallest absolute Gasteiger partial charge is 0.161 e. The quantitative estimate of drug-likeness (QED) is 0.174. The zero-order valence-corrected chi connectivity index (χ0v) is 35.1. The van der Waals surface area contributed by atoms with Gasteiger partial charge >= 0.3 is 0 Å². The van der Waals surface area contributed by atoms with E-state index in [2.05, 4.69) is 226 Å². The molecule has 2 aliphatic rings. The van der Waals surface area contributed by atoms with Gasteiger partial charge in [0.15, 0.2) is 5.82 Å². The van der Waals surface area contributed by atoms with Crippen molar-refractivity contribution in [3.05, 3.63) is 252 Å². The van der Waals surface area contributed by atoms with Crippen LogP contribution in [-0.2, 0) is 10.8 Å². The van der Waals surface area contributed by atoms with E-state index in [1.54, 1.807) is 0 Å². The van der Waals surface area contributed by atoms with Crippen molar-refractivity contribution in [3.63, 3.8) is 0 Å². The summed E-state index contributed by atoms with van der Waals surface area (Å²) in [5.74, 6) is 2.47. The van der Waals surface area contributed by atoms with Crippen LogP contribution in [-0.4, -0.2) is 9.97 Å². The van der Waals surface area contributed by atoms with Crippen molar-refractivity contribution in [2.24, 2.45) is 0 Å². The number of fused-ring (bicyclic) bond motifs is 9. The molecule has 1 aromatic heterocycles. The van der Waals surface area contributed by atoms with E-state index in [1.807, 2.05) is 6.07 Å². The molecule has 63 heavy (non-hydrogen) atoms. The van der Waals surface area contributed by atoms with Gasteiger partial charge < -0.3 is 4.74 Å². The first-order chi connectivity index (χ1) is 31.0. The van der Waals surface area contributed by atoms with E-state index in [0.29, 0.717) is 5.82 Å². The molecule has 0 N–H and O–H groups in total. The van der Waals surface area contributed by atoms with Crippen molar-refractivity contribution >= 4 is 10.8 Å². The molecule has 0 fully saturated rings. The lowest BCUT2D eigenvalue weighted by Gasteiger charge is -2.50. The normalized spacial score (nSPS) is 13.9. The van der Waals surface area contributed by atoms with E-state index >= 15 is 0 Å². The summed E-state index contributed by atoms with van der Waals surface area (Å²) in [6, 6.07) is 78.2. The Labute approximate surface area is 368 Å². The Morgan fingerprint density at radius 3 is 1.44 bits per heavy atom. The highest BCUT2D eigenvalue weighted by Gasteiger charge is 2.52. The molecule has 298 valence electrons. The van der Waals surface area contributed by atoms with Gasteiger partial charge in [-0.3, -0.25) is 0 Å². The zero-order chi connectivity index (χ0) is 42.1. The van der Waals surface area contributed by atoms with Gasteiger partial charge in [0.05, 0.1) is 16.8 Å². The first kappa shape index (κ1) is 36.9. The summed E-state index contributed by atoms with van der Waals surface area (Å²) >= 11 is 0. The summed E-state index contributed by atoms with van der Waals surface area (Å²) in [6.45, 7) is 4.71. The van der Waals surface area contributed by atoms with Crippen molar-refractivity contribution in [2.45, 2.75) is 24.7 Å². The maximum Gasteiger partial charge on any atom is 0.161 e. The molecule has 2 heterocycles. The molecule has 0 atom stereocenters. The molecule has 0 saturated carbocycles. The number of para-hydroxylation sites is 1. The molecule has 0 radical (unpaired) electrons. The van der Waals surface area contributed by atoms with E-state index in [9.17, 15) is 0 Å². The number of ether oxygens (including phenoxy) is 1. The third kappa shape index (κ3) is 5.73. The van der Waals surface area contributed by atoms with Gasteiger partial charge in [-0.2, -0.15) is 0 Å². The molecule has 12 rings (SSSR count). The van der Waals surface area contributed by atoms with E-state index < -0.39 is 5.41 Å². The van der Waals surface area contributed by atoms with Crippen LogP contribution in [0.25, 0.3) is 66.9 Å². The predicted molar refractivity (Wildman–Crippen MR) is 257 cm³/mol. The van der Waals surface area contributed by atoms with Crippen LogP contribution in [0.3, 0.4) is 0 Å². The highest BCUT2D eigenvalue weighted by molar-refractivity contribution is 6.04. The lowest BCUT2D eigenvalue weighted by Crippen LogP contribution is -2.43. The van der Waals surface area contributed by atoms with Crippen LogP contribution in [0.2, 0.25) is 0 Å². The van der Waals surface area contributed by atoms with Gasteiger partial charge in [-0.1, -0.05) is 202 Å². The largest absolute Gasteiger partial charge is 0.457 e. The summed E-state index contributed by atoms with van der Waals surface area (Å²) < 4.78 is 6.79. The molecule has 10 aromatic rings. The second-order valence-electron chi connectivity index (χ2n) is 17.3. The van der Waals surface area contributed by atoms with Crippen LogP contribution in [0.4, 0.5) is 0 Å². The fourth-order valence-corrected chi connectivity index (χ4v) is 10.5. The summed E-state index contributed by atoms with van der Waals surface area (Å²) in [5.41, 5.74) is 16.3. The number of aromatic nitrogens is 2. The monoisotopic (exact) mass is 806 g/mol.